The lowest BCUT2D eigenvalue weighted by atomic mass is 9.83. The van der Waals surface area contributed by atoms with Gasteiger partial charge in [-0.2, -0.15) is 11.3 Å². The van der Waals surface area contributed by atoms with Crippen molar-refractivity contribution in [1.29, 1.82) is 0 Å². The van der Waals surface area contributed by atoms with Crippen LogP contribution in [0.15, 0.2) is 70.7 Å². The van der Waals surface area contributed by atoms with Crippen LogP contribution in [0.4, 0.5) is 0 Å². The first-order valence-corrected chi connectivity index (χ1v) is 10.2. The Balaban J connectivity index is 2.12. The molecule has 0 bridgehead atoms. The summed E-state index contributed by atoms with van der Waals surface area (Å²) in [5, 5.41) is 3.50. The summed E-state index contributed by atoms with van der Waals surface area (Å²) in [5.41, 5.74) is 1.60. The van der Waals surface area contributed by atoms with Crippen molar-refractivity contribution < 1.29 is 23.9 Å². The second kappa shape index (κ2) is 9.34. The van der Waals surface area contributed by atoms with Crippen molar-refractivity contribution in [2.45, 2.75) is 19.8 Å². The molecule has 150 valence electrons. The molecule has 0 radical (unpaired) electrons. The first-order chi connectivity index (χ1) is 14.1. The van der Waals surface area contributed by atoms with Crippen molar-refractivity contribution >= 4 is 29.2 Å². The third-order valence-electron chi connectivity index (χ3n) is 4.34. The normalized spacial score (nSPS) is 14.1. The van der Waals surface area contributed by atoms with Crippen LogP contribution in [0.5, 0.6) is 0 Å². The Morgan fingerprint density at radius 2 is 1.52 bits per heavy atom. The third kappa shape index (κ3) is 4.46. The molecule has 7 heteroatoms. The van der Waals surface area contributed by atoms with E-state index >= 15 is 0 Å². The molecule has 1 aliphatic rings. The van der Waals surface area contributed by atoms with Gasteiger partial charge in [-0.05, 0) is 30.9 Å². The summed E-state index contributed by atoms with van der Waals surface area (Å²) in [5.74, 6) is -2.21. The van der Waals surface area contributed by atoms with Crippen LogP contribution < -0.4 is 0 Å². The molecule has 1 aromatic heterocycles. The minimum atomic E-state index is -0.694. The predicted molar refractivity (Wildman–Crippen MR) is 109 cm³/mol. The first-order valence-electron chi connectivity index (χ1n) is 9.24. The summed E-state index contributed by atoms with van der Waals surface area (Å²) < 4.78 is 10.4. The smallest absolute Gasteiger partial charge is 0.336 e. The number of hydrogen-bond acceptors (Lipinski definition) is 6. The number of ether oxygens (including phenoxy) is 2. The van der Waals surface area contributed by atoms with Crippen LogP contribution in [0.2, 0.25) is 0 Å². The predicted octanol–water partition coefficient (Wildman–Crippen LogP) is 3.88. The molecule has 0 aliphatic carbocycles. The zero-order chi connectivity index (χ0) is 20.8. The molecule has 0 N–H and O–H groups in total. The van der Waals surface area contributed by atoms with Gasteiger partial charge < -0.3 is 9.47 Å². The Hall–Kier alpha value is -3.19. The fourth-order valence-electron chi connectivity index (χ4n) is 3.08. The van der Waals surface area contributed by atoms with Crippen molar-refractivity contribution in [2.24, 2.45) is 0 Å². The second-order valence-corrected chi connectivity index (χ2v) is 6.96. The van der Waals surface area contributed by atoms with Crippen LogP contribution in [0.3, 0.4) is 0 Å². The van der Waals surface area contributed by atoms with Crippen molar-refractivity contribution in [1.82, 2.24) is 4.90 Å². The molecule has 1 aliphatic heterocycles. The molecule has 29 heavy (non-hydrogen) atoms. The summed E-state index contributed by atoms with van der Waals surface area (Å²) in [6, 6.07) is 10.8. The molecule has 0 fully saturated rings. The van der Waals surface area contributed by atoms with Crippen molar-refractivity contribution in [3.05, 3.63) is 81.8 Å². The number of carbonyl (C=O) groups is 3. The highest BCUT2D eigenvalue weighted by molar-refractivity contribution is 7.08. The summed E-state index contributed by atoms with van der Waals surface area (Å²) >= 11 is 1.39. The Labute approximate surface area is 173 Å². The molecule has 0 unspecified atom stereocenters. The van der Waals surface area contributed by atoms with Gasteiger partial charge in [0.2, 0.25) is 0 Å². The Bertz CT molecular complexity index is 911. The van der Waals surface area contributed by atoms with E-state index in [1.165, 1.54) is 28.6 Å². The average molecular weight is 411 g/mol. The summed E-state index contributed by atoms with van der Waals surface area (Å²) in [4.78, 5) is 39.7. The maximum atomic E-state index is 12.9. The number of nitrogens with zero attached hydrogens (tertiary/aromatic N) is 1. The Morgan fingerprint density at radius 3 is 2.00 bits per heavy atom. The number of thiophene rings is 1. The minimum Gasteiger partial charge on any atom is -0.463 e. The van der Waals surface area contributed by atoms with Gasteiger partial charge in [-0.25, -0.2) is 9.59 Å². The lowest BCUT2D eigenvalue weighted by Gasteiger charge is -2.29. The highest BCUT2D eigenvalue weighted by atomic mass is 32.1. The number of rotatable bonds is 6. The van der Waals surface area contributed by atoms with Gasteiger partial charge in [0.05, 0.1) is 35.8 Å². The Morgan fingerprint density at radius 1 is 0.931 bits per heavy atom. The molecule has 0 saturated heterocycles. The van der Waals surface area contributed by atoms with E-state index in [-0.39, 0.29) is 30.3 Å². The van der Waals surface area contributed by atoms with E-state index in [0.717, 1.165) is 5.56 Å². The number of esters is 2. The number of hydrogen-bond donors (Lipinski definition) is 0. The van der Waals surface area contributed by atoms with Crippen molar-refractivity contribution in [3.63, 3.8) is 0 Å². The van der Waals surface area contributed by atoms with Crippen LogP contribution in [0, 0.1) is 0 Å². The fraction of sp³-hybridized carbons (Fsp3) is 0.227. The quantitative estimate of drug-likeness (QED) is 0.675. The SMILES string of the molecule is CCOC(=O)C1=CN(C(=O)c2ccsc2)C=C(C(=O)OCC)C1c1ccccc1. The number of carbonyl (C=O) groups excluding carboxylic acids is 3. The highest BCUT2D eigenvalue weighted by Gasteiger charge is 2.36. The van der Waals surface area contributed by atoms with Gasteiger partial charge in [-0.1, -0.05) is 30.3 Å². The summed E-state index contributed by atoms with van der Waals surface area (Å²) in [6.07, 6.45) is 2.89. The van der Waals surface area contributed by atoms with Gasteiger partial charge in [-0.15, -0.1) is 0 Å². The molecule has 0 saturated carbocycles. The molecule has 1 amide bonds. The van der Waals surface area contributed by atoms with E-state index in [2.05, 4.69) is 0 Å². The minimum absolute atomic E-state index is 0.175. The lowest BCUT2D eigenvalue weighted by Crippen LogP contribution is -2.32. The monoisotopic (exact) mass is 411 g/mol. The average Bonchev–Trinajstić information content (AvgIpc) is 3.28. The van der Waals surface area contributed by atoms with Gasteiger partial charge in [0, 0.05) is 17.8 Å². The van der Waals surface area contributed by atoms with Gasteiger partial charge >= 0.3 is 11.9 Å². The molecule has 6 nitrogen and oxygen atoms in total. The summed E-state index contributed by atoms with van der Waals surface area (Å²) in [7, 11) is 0. The molecule has 1 aromatic carbocycles. The van der Waals surface area contributed by atoms with E-state index in [1.54, 1.807) is 30.7 Å². The van der Waals surface area contributed by atoms with E-state index < -0.39 is 17.9 Å². The molecule has 3 rings (SSSR count). The number of amides is 1. The van der Waals surface area contributed by atoms with Gasteiger partial charge in [-0.3, -0.25) is 9.69 Å². The highest BCUT2D eigenvalue weighted by Crippen LogP contribution is 2.37. The van der Waals surface area contributed by atoms with E-state index in [9.17, 15) is 14.4 Å². The fourth-order valence-corrected chi connectivity index (χ4v) is 3.71. The molecule has 2 aromatic rings. The molecule has 2 heterocycles. The maximum absolute atomic E-state index is 12.9. The van der Waals surface area contributed by atoms with E-state index in [0.29, 0.717) is 5.56 Å². The zero-order valence-corrected chi connectivity index (χ0v) is 17.0. The molecular weight excluding hydrogens is 390 g/mol. The van der Waals surface area contributed by atoms with Gasteiger partial charge in [0.15, 0.2) is 0 Å². The van der Waals surface area contributed by atoms with Crippen LogP contribution >= 0.6 is 11.3 Å². The van der Waals surface area contributed by atoms with Crippen LogP contribution in [-0.4, -0.2) is 36.0 Å². The third-order valence-corrected chi connectivity index (χ3v) is 5.02. The largest absolute Gasteiger partial charge is 0.463 e. The second-order valence-electron chi connectivity index (χ2n) is 6.18. The lowest BCUT2D eigenvalue weighted by molar-refractivity contribution is -0.139. The van der Waals surface area contributed by atoms with Crippen molar-refractivity contribution in [2.75, 3.05) is 13.2 Å². The van der Waals surface area contributed by atoms with Crippen LogP contribution in [0.1, 0.15) is 35.7 Å². The number of benzene rings is 1. The summed E-state index contributed by atoms with van der Waals surface area (Å²) in [6.45, 7) is 3.76. The van der Waals surface area contributed by atoms with E-state index in [1.807, 2.05) is 30.3 Å². The molecule has 0 spiro atoms. The van der Waals surface area contributed by atoms with E-state index in [4.69, 9.17) is 9.47 Å². The first kappa shape index (κ1) is 20.5. The van der Waals surface area contributed by atoms with Crippen molar-refractivity contribution in [3.8, 4) is 0 Å². The zero-order valence-electron chi connectivity index (χ0n) is 16.2. The van der Waals surface area contributed by atoms with Gasteiger partial charge in [0.1, 0.15) is 0 Å². The standard InChI is InChI=1S/C22H21NO5S/c1-3-27-21(25)17-12-23(20(24)16-10-11-29-14-16)13-18(22(26)28-4-2)19(17)15-8-6-5-7-9-15/h5-14,19H,3-4H2,1-2H3. The van der Waals surface area contributed by atoms with Gasteiger partial charge in [0.25, 0.3) is 5.91 Å². The Kier molecular flexibility index (Phi) is 6.61. The molecular formula is C22H21NO5S. The van der Waals surface area contributed by atoms with Crippen LogP contribution in [-0.2, 0) is 19.1 Å². The topological polar surface area (TPSA) is 72.9 Å². The maximum Gasteiger partial charge on any atom is 0.336 e. The van der Waals surface area contributed by atoms with Crippen LogP contribution in [0.25, 0.3) is 0 Å². The molecule has 0 atom stereocenters.